The molecule has 0 bridgehead atoms. The average molecular weight is 301 g/mol. The summed E-state index contributed by atoms with van der Waals surface area (Å²) in [4.78, 5) is 4.30. The Balaban J connectivity index is 2.16. The highest BCUT2D eigenvalue weighted by Gasteiger charge is 2.33. The lowest BCUT2D eigenvalue weighted by atomic mass is 10.1. The van der Waals surface area contributed by atoms with Gasteiger partial charge in [-0.15, -0.1) is 0 Å². The van der Waals surface area contributed by atoms with E-state index >= 15 is 0 Å². The van der Waals surface area contributed by atoms with E-state index in [9.17, 15) is 13.2 Å². The minimum Gasteiger partial charge on any atom is -0.373 e. The van der Waals surface area contributed by atoms with Gasteiger partial charge in [0.05, 0.1) is 5.56 Å². The molecule has 0 radical (unpaired) electrons. The van der Waals surface area contributed by atoms with Gasteiger partial charge in [0.1, 0.15) is 0 Å². The van der Waals surface area contributed by atoms with E-state index in [0.717, 1.165) is 31.3 Å². The number of hydrogen-bond acceptors (Lipinski definition) is 3. The molecule has 1 atom stereocenters. The molecule has 1 aromatic carbocycles. The van der Waals surface area contributed by atoms with E-state index in [-0.39, 0.29) is 12.1 Å². The smallest absolute Gasteiger partial charge is 0.373 e. The topological polar surface area (TPSA) is 32.5 Å². The molecule has 1 unspecified atom stereocenters. The first kappa shape index (κ1) is 16.1. The summed E-state index contributed by atoms with van der Waals surface area (Å²) in [5.74, 6) is 0. The molecule has 1 aliphatic heterocycles. The highest BCUT2D eigenvalue weighted by atomic mass is 19.4. The Bertz CT molecular complexity index is 488. The second-order valence-corrected chi connectivity index (χ2v) is 5.70. The maximum atomic E-state index is 12.9. The largest absolute Gasteiger partial charge is 0.416 e. The van der Waals surface area contributed by atoms with Crippen LogP contribution < -0.4 is 10.6 Å². The number of halogens is 3. The maximum absolute atomic E-state index is 12.9. The van der Waals surface area contributed by atoms with E-state index in [1.54, 1.807) is 6.07 Å². The van der Waals surface area contributed by atoms with Crippen molar-refractivity contribution in [3.05, 3.63) is 29.3 Å². The van der Waals surface area contributed by atoms with Crippen LogP contribution in [0.1, 0.15) is 24.0 Å². The van der Waals surface area contributed by atoms with Gasteiger partial charge in [-0.1, -0.05) is 0 Å². The third-order valence-corrected chi connectivity index (χ3v) is 4.21. The summed E-state index contributed by atoms with van der Waals surface area (Å²) in [5.41, 5.74) is 5.76. The van der Waals surface area contributed by atoms with Crippen molar-refractivity contribution in [1.29, 1.82) is 0 Å². The number of rotatable bonds is 4. The molecule has 118 valence electrons. The van der Waals surface area contributed by atoms with Crippen LogP contribution in [-0.4, -0.2) is 38.1 Å². The molecule has 2 N–H and O–H groups in total. The molecule has 0 aliphatic carbocycles. The number of anilines is 1. The van der Waals surface area contributed by atoms with Crippen LogP contribution in [0.25, 0.3) is 0 Å². The van der Waals surface area contributed by atoms with Gasteiger partial charge in [-0.2, -0.15) is 13.2 Å². The van der Waals surface area contributed by atoms with Gasteiger partial charge in [-0.25, -0.2) is 0 Å². The minimum atomic E-state index is -4.35. The molecule has 0 aromatic heterocycles. The van der Waals surface area contributed by atoms with E-state index in [1.807, 2.05) is 11.9 Å². The summed E-state index contributed by atoms with van der Waals surface area (Å²) in [6, 6.07) is 4.67. The molecule has 0 saturated carbocycles. The normalized spacial score (nSPS) is 20.0. The van der Waals surface area contributed by atoms with Crippen molar-refractivity contribution >= 4 is 5.69 Å². The molecule has 1 saturated heterocycles. The molecule has 0 amide bonds. The van der Waals surface area contributed by atoms with Crippen molar-refractivity contribution in [3.63, 3.8) is 0 Å². The van der Waals surface area contributed by atoms with Crippen LogP contribution in [0, 0.1) is 0 Å². The zero-order valence-electron chi connectivity index (χ0n) is 12.5. The van der Waals surface area contributed by atoms with Gasteiger partial charge in [0, 0.05) is 31.9 Å². The molecule has 0 spiro atoms. The van der Waals surface area contributed by atoms with E-state index in [1.165, 1.54) is 12.5 Å². The van der Waals surface area contributed by atoms with Crippen molar-refractivity contribution < 1.29 is 13.2 Å². The Kier molecular flexibility index (Phi) is 4.78. The molecule has 1 aliphatic rings. The number of benzene rings is 1. The molecular formula is C15H22F3N3. The SMILES string of the molecule is CN(CC1CCCN1C)c1ccc(C(F)(F)F)c(CN)c1. The van der Waals surface area contributed by atoms with Crippen molar-refractivity contribution in [2.24, 2.45) is 5.73 Å². The fraction of sp³-hybridized carbons (Fsp3) is 0.600. The summed E-state index contributed by atoms with van der Waals surface area (Å²) in [5, 5.41) is 0. The Hall–Kier alpha value is -1.27. The first-order chi connectivity index (χ1) is 9.82. The first-order valence-corrected chi connectivity index (χ1v) is 7.14. The Labute approximate surface area is 123 Å². The minimum absolute atomic E-state index is 0.111. The predicted octanol–water partition coefficient (Wildman–Crippen LogP) is 2.69. The lowest BCUT2D eigenvalue weighted by molar-refractivity contribution is -0.138. The van der Waals surface area contributed by atoms with Crippen LogP contribution in [0.5, 0.6) is 0 Å². The monoisotopic (exact) mass is 301 g/mol. The summed E-state index contributed by atoms with van der Waals surface area (Å²) in [7, 11) is 4.00. The number of hydrogen-bond donors (Lipinski definition) is 1. The van der Waals surface area contributed by atoms with E-state index < -0.39 is 11.7 Å². The van der Waals surface area contributed by atoms with Crippen LogP contribution in [0.3, 0.4) is 0 Å². The number of nitrogens with two attached hydrogens (primary N) is 1. The summed E-state index contributed by atoms with van der Waals surface area (Å²) >= 11 is 0. The summed E-state index contributed by atoms with van der Waals surface area (Å²) in [6.45, 7) is 1.78. The molecule has 1 heterocycles. The lowest BCUT2D eigenvalue weighted by Gasteiger charge is -2.28. The molecule has 1 fully saturated rings. The van der Waals surface area contributed by atoms with Crippen LogP contribution in [0.15, 0.2) is 18.2 Å². The van der Waals surface area contributed by atoms with E-state index in [4.69, 9.17) is 5.73 Å². The highest BCUT2D eigenvalue weighted by Crippen LogP contribution is 2.34. The van der Waals surface area contributed by atoms with Crippen molar-refractivity contribution in [1.82, 2.24) is 4.90 Å². The summed E-state index contributed by atoms with van der Waals surface area (Å²) < 4.78 is 38.6. The van der Waals surface area contributed by atoms with E-state index in [2.05, 4.69) is 11.9 Å². The van der Waals surface area contributed by atoms with E-state index in [0.29, 0.717) is 6.04 Å². The number of likely N-dealkylation sites (N-methyl/N-ethyl adjacent to an activating group) is 2. The highest BCUT2D eigenvalue weighted by molar-refractivity contribution is 5.51. The molecule has 6 heteroatoms. The molecule has 3 nitrogen and oxygen atoms in total. The summed E-state index contributed by atoms with van der Waals surface area (Å²) in [6.07, 6.45) is -2.04. The second kappa shape index (κ2) is 6.23. The molecule has 2 rings (SSSR count). The van der Waals surface area contributed by atoms with Gasteiger partial charge in [-0.05, 0) is 50.2 Å². The van der Waals surface area contributed by atoms with Crippen LogP contribution in [0.2, 0.25) is 0 Å². The van der Waals surface area contributed by atoms with Gasteiger partial charge in [-0.3, -0.25) is 0 Å². The Morgan fingerprint density at radius 3 is 2.62 bits per heavy atom. The predicted molar refractivity (Wildman–Crippen MR) is 78.3 cm³/mol. The fourth-order valence-electron chi connectivity index (χ4n) is 2.89. The maximum Gasteiger partial charge on any atom is 0.416 e. The zero-order chi connectivity index (χ0) is 15.6. The van der Waals surface area contributed by atoms with Crippen LogP contribution in [0.4, 0.5) is 18.9 Å². The third kappa shape index (κ3) is 3.68. The molecule has 21 heavy (non-hydrogen) atoms. The lowest BCUT2D eigenvalue weighted by Crippen LogP contribution is -2.36. The Morgan fingerprint density at radius 2 is 2.10 bits per heavy atom. The van der Waals surface area contributed by atoms with Crippen molar-refractivity contribution in [2.45, 2.75) is 31.6 Å². The van der Waals surface area contributed by atoms with Crippen LogP contribution >= 0.6 is 0 Å². The second-order valence-electron chi connectivity index (χ2n) is 5.70. The van der Waals surface area contributed by atoms with Gasteiger partial charge in [0.25, 0.3) is 0 Å². The molecular weight excluding hydrogens is 279 g/mol. The van der Waals surface area contributed by atoms with Crippen molar-refractivity contribution in [2.75, 3.05) is 32.1 Å². The van der Waals surface area contributed by atoms with Gasteiger partial charge < -0.3 is 15.5 Å². The van der Waals surface area contributed by atoms with Gasteiger partial charge in [0.15, 0.2) is 0 Å². The van der Waals surface area contributed by atoms with Crippen molar-refractivity contribution in [3.8, 4) is 0 Å². The standard InChI is InChI=1S/C15H22F3N3/c1-20-7-3-4-13(20)10-21(2)12-5-6-14(15(16,17)18)11(8-12)9-19/h5-6,8,13H,3-4,7,9-10,19H2,1-2H3. The number of nitrogens with zero attached hydrogens (tertiary/aromatic N) is 2. The average Bonchev–Trinajstić information content (AvgIpc) is 2.82. The first-order valence-electron chi connectivity index (χ1n) is 7.14. The van der Waals surface area contributed by atoms with Crippen LogP contribution in [-0.2, 0) is 12.7 Å². The molecule has 1 aromatic rings. The fourth-order valence-corrected chi connectivity index (χ4v) is 2.89. The quantitative estimate of drug-likeness (QED) is 0.928. The van der Waals surface area contributed by atoms with Gasteiger partial charge >= 0.3 is 6.18 Å². The zero-order valence-corrected chi connectivity index (χ0v) is 12.5. The Morgan fingerprint density at radius 1 is 1.38 bits per heavy atom. The number of likely N-dealkylation sites (tertiary alicyclic amines) is 1. The van der Waals surface area contributed by atoms with Gasteiger partial charge in [0.2, 0.25) is 0 Å². The third-order valence-electron chi connectivity index (χ3n) is 4.21. The number of alkyl halides is 3.